The number of nitrogens with two attached hydrogens (primary N) is 1. The summed E-state index contributed by atoms with van der Waals surface area (Å²) in [6.45, 7) is 4.92. The summed E-state index contributed by atoms with van der Waals surface area (Å²) in [5.74, 6) is -0.0916. The molecule has 1 amide bonds. The Bertz CT molecular complexity index is 158. The number of ether oxygens (including phenoxy) is 1. The molecular weight excluding hydrogens is 168 g/mol. The summed E-state index contributed by atoms with van der Waals surface area (Å²) in [5, 5.41) is 2.76. The predicted molar refractivity (Wildman–Crippen MR) is 52.4 cm³/mol. The molecule has 78 valence electrons. The van der Waals surface area contributed by atoms with Gasteiger partial charge in [0.1, 0.15) is 0 Å². The van der Waals surface area contributed by atoms with Gasteiger partial charge in [-0.15, -0.1) is 0 Å². The van der Waals surface area contributed by atoms with Crippen LogP contribution < -0.4 is 11.1 Å². The van der Waals surface area contributed by atoms with Gasteiger partial charge < -0.3 is 15.8 Å². The predicted octanol–water partition coefficient (Wildman–Crippen LogP) is 0.267. The molecule has 0 radical (unpaired) electrons. The van der Waals surface area contributed by atoms with E-state index in [-0.39, 0.29) is 5.91 Å². The lowest BCUT2D eigenvalue weighted by Crippen LogP contribution is -2.51. The molecule has 0 rings (SSSR count). The molecular formula is C9H20N2O2. The minimum atomic E-state index is -0.743. The Morgan fingerprint density at radius 3 is 2.69 bits per heavy atom. The van der Waals surface area contributed by atoms with Gasteiger partial charge in [-0.2, -0.15) is 0 Å². The molecule has 0 spiro atoms. The lowest BCUT2D eigenvalue weighted by atomic mass is 10.00. The van der Waals surface area contributed by atoms with Crippen LogP contribution in [0, 0.1) is 0 Å². The molecule has 4 nitrogen and oxygen atoms in total. The van der Waals surface area contributed by atoms with Gasteiger partial charge in [-0.3, -0.25) is 4.79 Å². The zero-order valence-corrected chi connectivity index (χ0v) is 8.72. The fourth-order valence-corrected chi connectivity index (χ4v) is 0.781. The molecule has 0 aliphatic carbocycles. The van der Waals surface area contributed by atoms with Crippen molar-refractivity contribution in [2.24, 2.45) is 5.73 Å². The zero-order chi connectivity index (χ0) is 10.3. The molecule has 3 N–H and O–H groups in total. The van der Waals surface area contributed by atoms with Crippen LogP contribution in [0.2, 0.25) is 0 Å². The largest absolute Gasteiger partial charge is 0.385 e. The maximum atomic E-state index is 11.4. The van der Waals surface area contributed by atoms with Gasteiger partial charge >= 0.3 is 0 Å². The average molecular weight is 188 g/mol. The highest BCUT2D eigenvalue weighted by Gasteiger charge is 2.24. The summed E-state index contributed by atoms with van der Waals surface area (Å²) >= 11 is 0. The maximum Gasteiger partial charge on any atom is 0.239 e. The molecule has 0 aromatic carbocycles. The summed E-state index contributed by atoms with van der Waals surface area (Å²) in [7, 11) is 1.64. The smallest absolute Gasteiger partial charge is 0.239 e. The van der Waals surface area contributed by atoms with Crippen molar-refractivity contribution < 1.29 is 9.53 Å². The van der Waals surface area contributed by atoms with Crippen LogP contribution >= 0.6 is 0 Å². The highest BCUT2D eigenvalue weighted by molar-refractivity contribution is 5.85. The summed E-state index contributed by atoms with van der Waals surface area (Å²) in [5.41, 5.74) is 4.99. The monoisotopic (exact) mass is 188 g/mol. The third-order valence-corrected chi connectivity index (χ3v) is 2.06. The molecule has 0 aliphatic rings. The Morgan fingerprint density at radius 2 is 2.23 bits per heavy atom. The lowest BCUT2D eigenvalue weighted by molar-refractivity contribution is -0.125. The van der Waals surface area contributed by atoms with Gasteiger partial charge in [-0.25, -0.2) is 0 Å². The molecule has 13 heavy (non-hydrogen) atoms. The Labute approximate surface area is 79.8 Å². The summed E-state index contributed by atoms with van der Waals surface area (Å²) < 4.78 is 4.85. The number of amides is 1. The normalized spacial score (nSPS) is 15.1. The van der Waals surface area contributed by atoms with Crippen molar-refractivity contribution in [1.29, 1.82) is 0 Å². The third-order valence-electron chi connectivity index (χ3n) is 2.06. The van der Waals surface area contributed by atoms with Crippen molar-refractivity contribution in [2.45, 2.75) is 32.2 Å². The van der Waals surface area contributed by atoms with Crippen molar-refractivity contribution in [3.8, 4) is 0 Å². The minimum absolute atomic E-state index is 0.0916. The zero-order valence-electron chi connectivity index (χ0n) is 8.72. The van der Waals surface area contributed by atoms with E-state index in [1.807, 2.05) is 6.92 Å². The summed E-state index contributed by atoms with van der Waals surface area (Å²) in [6, 6.07) is 0. The van der Waals surface area contributed by atoms with E-state index < -0.39 is 5.54 Å². The van der Waals surface area contributed by atoms with Crippen molar-refractivity contribution >= 4 is 5.91 Å². The van der Waals surface area contributed by atoms with Gasteiger partial charge in [0.05, 0.1) is 5.54 Å². The lowest BCUT2D eigenvalue weighted by Gasteiger charge is -2.21. The van der Waals surface area contributed by atoms with Crippen LogP contribution in [-0.2, 0) is 9.53 Å². The number of hydrogen-bond donors (Lipinski definition) is 2. The van der Waals surface area contributed by atoms with Crippen LogP contribution in [0.5, 0.6) is 0 Å². The Balaban J connectivity index is 3.62. The van der Waals surface area contributed by atoms with Crippen LogP contribution in [0.15, 0.2) is 0 Å². The first-order valence-corrected chi connectivity index (χ1v) is 4.60. The fraction of sp³-hybridized carbons (Fsp3) is 0.889. The minimum Gasteiger partial charge on any atom is -0.385 e. The van der Waals surface area contributed by atoms with Crippen LogP contribution in [-0.4, -0.2) is 31.7 Å². The number of carbonyl (C=O) groups excluding carboxylic acids is 1. The van der Waals surface area contributed by atoms with Crippen LogP contribution in [0.25, 0.3) is 0 Å². The van der Waals surface area contributed by atoms with Crippen molar-refractivity contribution in [1.82, 2.24) is 5.32 Å². The van der Waals surface area contributed by atoms with Gasteiger partial charge in [-0.05, 0) is 19.8 Å². The van der Waals surface area contributed by atoms with E-state index in [2.05, 4.69) is 5.32 Å². The molecule has 1 unspecified atom stereocenters. The quantitative estimate of drug-likeness (QED) is 0.588. The number of hydrogen-bond acceptors (Lipinski definition) is 3. The first-order chi connectivity index (χ1) is 6.04. The second-order valence-corrected chi connectivity index (χ2v) is 3.37. The second kappa shape index (κ2) is 5.94. The molecule has 0 aromatic rings. The van der Waals surface area contributed by atoms with Gasteiger partial charge in [0, 0.05) is 20.3 Å². The number of rotatable bonds is 6. The first kappa shape index (κ1) is 12.4. The topological polar surface area (TPSA) is 64.4 Å². The van der Waals surface area contributed by atoms with Gasteiger partial charge in [0.15, 0.2) is 0 Å². The summed E-state index contributed by atoms with van der Waals surface area (Å²) in [4.78, 5) is 11.4. The summed E-state index contributed by atoms with van der Waals surface area (Å²) in [6.07, 6.45) is 1.46. The molecule has 0 saturated heterocycles. The molecule has 4 heteroatoms. The molecule has 0 fully saturated rings. The van der Waals surface area contributed by atoms with E-state index >= 15 is 0 Å². The molecule has 1 atom stereocenters. The molecule has 0 heterocycles. The SMILES string of the molecule is CCC(C)(N)C(=O)NCCCOC. The Kier molecular flexibility index (Phi) is 5.66. The number of nitrogens with one attached hydrogen (secondary N) is 1. The van der Waals surface area contributed by atoms with E-state index in [0.717, 1.165) is 6.42 Å². The maximum absolute atomic E-state index is 11.4. The molecule has 0 aliphatic heterocycles. The van der Waals surface area contributed by atoms with Crippen LogP contribution in [0.1, 0.15) is 26.7 Å². The van der Waals surface area contributed by atoms with E-state index in [1.54, 1.807) is 14.0 Å². The van der Waals surface area contributed by atoms with E-state index in [0.29, 0.717) is 19.6 Å². The highest BCUT2D eigenvalue weighted by atomic mass is 16.5. The van der Waals surface area contributed by atoms with Crippen molar-refractivity contribution in [3.05, 3.63) is 0 Å². The average Bonchev–Trinajstić information content (AvgIpc) is 2.12. The van der Waals surface area contributed by atoms with Crippen LogP contribution in [0.4, 0.5) is 0 Å². The van der Waals surface area contributed by atoms with Crippen molar-refractivity contribution in [3.63, 3.8) is 0 Å². The molecule has 0 aromatic heterocycles. The molecule has 0 bridgehead atoms. The fourth-order valence-electron chi connectivity index (χ4n) is 0.781. The first-order valence-electron chi connectivity index (χ1n) is 4.60. The van der Waals surface area contributed by atoms with E-state index in [1.165, 1.54) is 0 Å². The van der Waals surface area contributed by atoms with E-state index in [4.69, 9.17) is 10.5 Å². The standard InChI is InChI=1S/C9H20N2O2/c1-4-9(2,10)8(12)11-6-5-7-13-3/h4-7,10H2,1-3H3,(H,11,12). The van der Waals surface area contributed by atoms with E-state index in [9.17, 15) is 4.79 Å². The Morgan fingerprint density at radius 1 is 1.62 bits per heavy atom. The third kappa shape index (κ3) is 4.85. The highest BCUT2D eigenvalue weighted by Crippen LogP contribution is 2.03. The van der Waals surface area contributed by atoms with Gasteiger partial charge in [0.2, 0.25) is 5.91 Å². The van der Waals surface area contributed by atoms with Gasteiger partial charge in [-0.1, -0.05) is 6.92 Å². The molecule has 0 saturated carbocycles. The van der Waals surface area contributed by atoms with Crippen LogP contribution in [0.3, 0.4) is 0 Å². The number of carbonyl (C=O) groups is 1. The van der Waals surface area contributed by atoms with Gasteiger partial charge in [0.25, 0.3) is 0 Å². The number of methoxy groups -OCH3 is 1. The Hall–Kier alpha value is -0.610. The van der Waals surface area contributed by atoms with Crippen molar-refractivity contribution in [2.75, 3.05) is 20.3 Å². The second-order valence-electron chi connectivity index (χ2n) is 3.37.